The second-order valence-corrected chi connectivity index (χ2v) is 6.88. The Morgan fingerprint density at radius 1 is 1.35 bits per heavy atom. The second kappa shape index (κ2) is 4.74. The first-order chi connectivity index (χ1) is 9.41. The first kappa shape index (κ1) is 13.9. The number of morpholine rings is 1. The van der Waals surface area contributed by atoms with E-state index in [2.05, 4.69) is 28.9 Å². The van der Waals surface area contributed by atoms with E-state index in [-0.39, 0.29) is 21.8 Å². The smallest absolute Gasteiger partial charge is 0.285 e. The first-order valence-electron chi connectivity index (χ1n) is 7.09. The molecule has 0 radical (unpaired) electrons. The molecule has 2 heterocycles. The van der Waals surface area contributed by atoms with Gasteiger partial charge in [0.25, 0.3) is 5.56 Å². The van der Waals surface area contributed by atoms with Gasteiger partial charge < -0.3 is 9.64 Å². The van der Waals surface area contributed by atoms with E-state index in [9.17, 15) is 4.79 Å². The van der Waals surface area contributed by atoms with Gasteiger partial charge in [0.2, 0.25) is 0 Å². The van der Waals surface area contributed by atoms with E-state index in [1.54, 1.807) is 6.20 Å². The minimum atomic E-state index is -0.339. The van der Waals surface area contributed by atoms with E-state index in [1.165, 1.54) is 12.8 Å². The van der Waals surface area contributed by atoms with Gasteiger partial charge in [-0.05, 0) is 26.7 Å². The fourth-order valence-corrected chi connectivity index (χ4v) is 3.77. The van der Waals surface area contributed by atoms with Crippen LogP contribution in [-0.2, 0) is 4.74 Å². The Morgan fingerprint density at radius 2 is 2.05 bits per heavy atom. The summed E-state index contributed by atoms with van der Waals surface area (Å²) in [5.41, 5.74) is 0.00867. The molecule has 1 aromatic heterocycles. The van der Waals surface area contributed by atoms with Crippen LogP contribution in [0, 0.1) is 0 Å². The van der Waals surface area contributed by atoms with Gasteiger partial charge in [0, 0.05) is 13.1 Å². The van der Waals surface area contributed by atoms with Crippen molar-refractivity contribution in [2.75, 3.05) is 18.0 Å². The van der Waals surface area contributed by atoms with Crippen molar-refractivity contribution in [2.45, 2.75) is 50.7 Å². The van der Waals surface area contributed by atoms with Crippen LogP contribution in [-0.4, -0.2) is 34.5 Å². The van der Waals surface area contributed by atoms with Crippen LogP contribution < -0.4 is 10.5 Å². The Labute approximate surface area is 123 Å². The summed E-state index contributed by atoms with van der Waals surface area (Å²) >= 11 is 6.15. The number of halogens is 1. The number of aromatic nitrogens is 2. The highest BCUT2D eigenvalue weighted by molar-refractivity contribution is 6.33. The summed E-state index contributed by atoms with van der Waals surface area (Å²) < 4.78 is 6.35. The van der Waals surface area contributed by atoms with Gasteiger partial charge in [-0.2, -0.15) is 5.10 Å². The predicted molar refractivity (Wildman–Crippen MR) is 78.4 cm³/mol. The number of anilines is 1. The Balaban J connectivity index is 1.96. The Morgan fingerprint density at radius 3 is 2.75 bits per heavy atom. The molecule has 20 heavy (non-hydrogen) atoms. The zero-order valence-electron chi connectivity index (χ0n) is 11.9. The van der Waals surface area contributed by atoms with Gasteiger partial charge in [0.1, 0.15) is 5.02 Å². The summed E-state index contributed by atoms with van der Waals surface area (Å²) in [5, 5.41) is 6.46. The van der Waals surface area contributed by atoms with Crippen LogP contribution in [0.3, 0.4) is 0 Å². The fourth-order valence-electron chi connectivity index (χ4n) is 3.56. The zero-order chi connectivity index (χ0) is 14.4. The molecule has 2 aliphatic rings. The summed E-state index contributed by atoms with van der Waals surface area (Å²) in [5.74, 6) is 0. The van der Waals surface area contributed by atoms with Gasteiger partial charge >= 0.3 is 0 Å². The largest absolute Gasteiger partial charge is 0.365 e. The summed E-state index contributed by atoms with van der Waals surface area (Å²) in [7, 11) is 0. The SMILES string of the molecule is CC1(C)CN(c2cn[nH]c(=O)c2Cl)CC2(CCCC2)O1. The van der Waals surface area contributed by atoms with Gasteiger partial charge in [0.15, 0.2) is 0 Å². The molecule has 1 aliphatic carbocycles. The lowest BCUT2D eigenvalue weighted by atomic mass is 9.94. The number of hydrogen-bond acceptors (Lipinski definition) is 4. The Hall–Kier alpha value is -1.07. The third kappa shape index (κ3) is 2.44. The van der Waals surface area contributed by atoms with Crippen molar-refractivity contribution >= 4 is 17.3 Å². The molecule has 1 N–H and O–H groups in total. The lowest BCUT2D eigenvalue weighted by molar-refractivity contribution is -0.148. The van der Waals surface area contributed by atoms with Crippen molar-refractivity contribution in [2.24, 2.45) is 0 Å². The van der Waals surface area contributed by atoms with Crippen molar-refractivity contribution in [3.8, 4) is 0 Å². The van der Waals surface area contributed by atoms with E-state index in [0.717, 1.165) is 19.4 Å². The van der Waals surface area contributed by atoms with Crippen molar-refractivity contribution in [1.29, 1.82) is 0 Å². The predicted octanol–water partition coefficient (Wildman–Crippen LogP) is 2.35. The molecule has 1 saturated heterocycles. The lowest BCUT2D eigenvalue weighted by Gasteiger charge is -2.49. The van der Waals surface area contributed by atoms with Crippen molar-refractivity contribution in [3.63, 3.8) is 0 Å². The minimum Gasteiger partial charge on any atom is -0.365 e. The molecule has 0 aromatic carbocycles. The number of H-pyrrole nitrogens is 1. The van der Waals surface area contributed by atoms with Crippen LogP contribution in [0.1, 0.15) is 39.5 Å². The number of nitrogens with one attached hydrogen (secondary N) is 1. The van der Waals surface area contributed by atoms with E-state index in [1.807, 2.05) is 0 Å². The molecular formula is C14H20ClN3O2. The first-order valence-corrected chi connectivity index (χ1v) is 7.47. The second-order valence-electron chi connectivity index (χ2n) is 6.51. The van der Waals surface area contributed by atoms with Crippen molar-refractivity contribution in [3.05, 3.63) is 21.6 Å². The summed E-state index contributed by atoms with van der Waals surface area (Å²) in [6.45, 7) is 5.67. The highest BCUT2D eigenvalue weighted by atomic mass is 35.5. The molecule has 1 aliphatic heterocycles. The number of aromatic amines is 1. The van der Waals surface area contributed by atoms with Gasteiger partial charge in [-0.15, -0.1) is 0 Å². The topological polar surface area (TPSA) is 58.2 Å². The maximum absolute atomic E-state index is 11.6. The maximum atomic E-state index is 11.6. The van der Waals surface area contributed by atoms with Gasteiger partial charge in [-0.3, -0.25) is 4.79 Å². The third-order valence-corrected chi connectivity index (χ3v) is 4.54. The summed E-state index contributed by atoms with van der Waals surface area (Å²) in [6.07, 6.45) is 6.17. The number of hydrogen-bond donors (Lipinski definition) is 1. The zero-order valence-corrected chi connectivity index (χ0v) is 12.7. The number of nitrogens with zero attached hydrogens (tertiary/aromatic N) is 2. The van der Waals surface area contributed by atoms with E-state index < -0.39 is 0 Å². The molecule has 0 atom stereocenters. The normalized spacial score (nSPS) is 24.2. The van der Waals surface area contributed by atoms with E-state index >= 15 is 0 Å². The van der Waals surface area contributed by atoms with Crippen LogP contribution in [0.15, 0.2) is 11.0 Å². The molecule has 5 nitrogen and oxygen atoms in total. The van der Waals surface area contributed by atoms with E-state index in [4.69, 9.17) is 16.3 Å². The standard InChI is InChI=1S/C14H20ClN3O2/c1-13(2)8-18(9-14(20-13)5-3-4-6-14)10-7-16-17-12(19)11(10)15/h7H,3-6,8-9H2,1-2H3,(H,17,19). The molecule has 0 bridgehead atoms. The molecule has 0 unspecified atom stereocenters. The van der Waals surface area contributed by atoms with Crippen LogP contribution in [0.4, 0.5) is 5.69 Å². The minimum absolute atomic E-state index is 0.103. The molecule has 0 amide bonds. The van der Waals surface area contributed by atoms with Crippen molar-refractivity contribution < 1.29 is 4.74 Å². The molecule has 1 aromatic rings. The van der Waals surface area contributed by atoms with Gasteiger partial charge in [-0.25, -0.2) is 5.10 Å². The third-order valence-electron chi connectivity index (χ3n) is 4.18. The Kier molecular flexibility index (Phi) is 3.29. The van der Waals surface area contributed by atoms with Gasteiger partial charge in [0.05, 0.1) is 23.1 Å². The molecule has 110 valence electrons. The quantitative estimate of drug-likeness (QED) is 0.864. The average molecular weight is 298 g/mol. The molecule has 1 spiro atoms. The van der Waals surface area contributed by atoms with E-state index in [0.29, 0.717) is 12.2 Å². The number of ether oxygens (including phenoxy) is 1. The fraction of sp³-hybridized carbons (Fsp3) is 0.714. The Bertz CT molecular complexity index is 564. The molecule has 2 fully saturated rings. The molecule has 6 heteroatoms. The van der Waals surface area contributed by atoms with Crippen LogP contribution in [0.2, 0.25) is 5.02 Å². The summed E-state index contributed by atoms with van der Waals surface area (Å²) in [4.78, 5) is 13.8. The van der Waals surface area contributed by atoms with Crippen LogP contribution in [0.25, 0.3) is 0 Å². The molecule has 1 saturated carbocycles. The number of rotatable bonds is 1. The highest BCUT2D eigenvalue weighted by Crippen LogP contribution is 2.42. The van der Waals surface area contributed by atoms with Crippen LogP contribution >= 0.6 is 11.6 Å². The molecular weight excluding hydrogens is 278 g/mol. The highest BCUT2D eigenvalue weighted by Gasteiger charge is 2.46. The maximum Gasteiger partial charge on any atom is 0.285 e. The van der Waals surface area contributed by atoms with Crippen LogP contribution in [0.5, 0.6) is 0 Å². The average Bonchev–Trinajstić information content (AvgIpc) is 2.78. The van der Waals surface area contributed by atoms with Gasteiger partial charge in [-0.1, -0.05) is 24.4 Å². The monoisotopic (exact) mass is 297 g/mol. The summed E-state index contributed by atoms with van der Waals surface area (Å²) in [6, 6.07) is 0. The lowest BCUT2D eigenvalue weighted by Crippen LogP contribution is -2.59. The van der Waals surface area contributed by atoms with Crippen molar-refractivity contribution in [1.82, 2.24) is 10.2 Å². The molecule has 3 rings (SSSR count).